The Kier molecular flexibility index (Phi) is 2.84. The summed E-state index contributed by atoms with van der Waals surface area (Å²) in [4.78, 5) is 0. The van der Waals surface area contributed by atoms with Crippen molar-refractivity contribution in [1.29, 1.82) is 0 Å². The molecule has 0 heterocycles. The van der Waals surface area contributed by atoms with E-state index in [9.17, 15) is 8.78 Å². The van der Waals surface area contributed by atoms with E-state index in [0.717, 1.165) is 0 Å². The minimum Gasteiger partial charge on any atom is -0.435 e. The van der Waals surface area contributed by atoms with Gasteiger partial charge < -0.3 is 4.74 Å². The molecule has 0 aromatic heterocycles. The zero-order valence-corrected chi connectivity index (χ0v) is 7.13. The molecule has 0 saturated heterocycles. The van der Waals surface area contributed by atoms with Crippen LogP contribution in [-0.4, -0.2) is 6.61 Å². The molecule has 1 aliphatic carbocycles. The summed E-state index contributed by atoms with van der Waals surface area (Å²) in [7, 11) is 0. The highest BCUT2D eigenvalue weighted by atomic mass is 19.3. The molecule has 1 rings (SSSR count). The first-order valence-corrected chi connectivity index (χ1v) is 3.94. The van der Waals surface area contributed by atoms with Crippen LogP contribution in [0.4, 0.5) is 8.78 Å². The lowest BCUT2D eigenvalue weighted by molar-refractivity contribution is -0.0929. The number of halogens is 2. The van der Waals surface area contributed by atoms with Gasteiger partial charge in [0.1, 0.15) is 5.76 Å². The molecule has 68 valence electrons. The lowest BCUT2D eigenvalue weighted by Crippen LogP contribution is -2.09. The van der Waals surface area contributed by atoms with Gasteiger partial charge >= 0.3 is 6.61 Å². The summed E-state index contributed by atoms with van der Waals surface area (Å²) in [6.45, 7) is 1.29. The Balaban J connectivity index is 2.57. The molecule has 2 atom stereocenters. The number of hydrogen-bond acceptors (Lipinski definition) is 1. The summed E-state index contributed by atoms with van der Waals surface area (Å²) >= 11 is 0. The van der Waals surface area contributed by atoms with Crippen molar-refractivity contribution >= 4 is 0 Å². The number of hydrogen-bond donors (Lipinski definition) is 0. The van der Waals surface area contributed by atoms with Gasteiger partial charge in [0.2, 0.25) is 0 Å². The van der Waals surface area contributed by atoms with Crippen LogP contribution in [0.25, 0.3) is 0 Å². The first-order chi connectivity index (χ1) is 5.59. The van der Waals surface area contributed by atoms with Crippen molar-refractivity contribution in [2.45, 2.75) is 20.5 Å². The van der Waals surface area contributed by atoms with Gasteiger partial charge in [0.15, 0.2) is 0 Å². The highest BCUT2D eigenvalue weighted by Crippen LogP contribution is 2.23. The van der Waals surface area contributed by atoms with Gasteiger partial charge in [-0.2, -0.15) is 8.78 Å². The molecule has 0 spiro atoms. The summed E-state index contributed by atoms with van der Waals surface area (Å²) in [6, 6.07) is 0. The molecule has 0 saturated carbocycles. The fraction of sp³-hybridized carbons (Fsp3) is 0.556. The SMILES string of the molecule is CC1C=CC(OC(F)F)=CC1C. The molecule has 0 radical (unpaired) electrons. The molecule has 1 nitrogen and oxygen atoms in total. The maximum atomic E-state index is 11.7. The molecule has 0 fully saturated rings. The molecular weight excluding hydrogens is 162 g/mol. The molecule has 3 heteroatoms. The van der Waals surface area contributed by atoms with E-state index >= 15 is 0 Å². The topological polar surface area (TPSA) is 9.23 Å². The van der Waals surface area contributed by atoms with Crippen molar-refractivity contribution in [2.24, 2.45) is 11.8 Å². The third-order valence-electron chi connectivity index (χ3n) is 2.05. The van der Waals surface area contributed by atoms with Crippen molar-refractivity contribution in [3.63, 3.8) is 0 Å². The van der Waals surface area contributed by atoms with E-state index in [1.165, 1.54) is 0 Å². The van der Waals surface area contributed by atoms with E-state index in [-0.39, 0.29) is 11.7 Å². The fourth-order valence-electron chi connectivity index (χ4n) is 1.07. The molecule has 0 aromatic rings. The monoisotopic (exact) mass is 174 g/mol. The maximum Gasteiger partial charge on any atom is 0.387 e. The first-order valence-electron chi connectivity index (χ1n) is 3.94. The molecule has 0 aromatic carbocycles. The highest BCUT2D eigenvalue weighted by Gasteiger charge is 2.14. The van der Waals surface area contributed by atoms with Crippen LogP contribution < -0.4 is 0 Å². The van der Waals surface area contributed by atoms with Crippen molar-refractivity contribution in [3.05, 3.63) is 24.0 Å². The van der Waals surface area contributed by atoms with E-state index in [4.69, 9.17) is 0 Å². The standard InChI is InChI=1S/C9H12F2O/c1-6-3-4-8(5-7(6)2)12-9(10)11/h3-7,9H,1-2H3. The number of ether oxygens (including phenoxy) is 1. The van der Waals surface area contributed by atoms with Crippen LogP contribution in [-0.2, 0) is 4.74 Å². The summed E-state index contributed by atoms with van der Waals surface area (Å²) in [6.07, 6.45) is 5.19. The van der Waals surface area contributed by atoms with Crippen molar-refractivity contribution in [1.82, 2.24) is 0 Å². The highest BCUT2D eigenvalue weighted by molar-refractivity contribution is 5.19. The molecule has 0 N–H and O–H groups in total. The first kappa shape index (κ1) is 9.23. The van der Waals surface area contributed by atoms with E-state index < -0.39 is 6.61 Å². The third kappa shape index (κ3) is 2.32. The Hall–Kier alpha value is -0.860. The van der Waals surface area contributed by atoms with E-state index in [1.54, 1.807) is 12.2 Å². The van der Waals surface area contributed by atoms with E-state index in [1.807, 2.05) is 19.9 Å². The van der Waals surface area contributed by atoms with Crippen LogP contribution in [0, 0.1) is 11.8 Å². The fourth-order valence-corrected chi connectivity index (χ4v) is 1.07. The summed E-state index contributed by atoms with van der Waals surface area (Å²) in [5.41, 5.74) is 0. The summed E-state index contributed by atoms with van der Waals surface area (Å²) in [5.74, 6) is 0.939. The zero-order chi connectivity index (χ0) is 9.14. The predicted octanol–water partition coefficient (Wildman–Crippen LogP) is 2.95. The van der Waals surface area contributed by atoms with Gasteiger partial charge in [-0.25, -0.2) is 0 Å². The summed E-state index contributed by atoms with van der Waals surface area (Å²) < 4.78 is 27.7. The lowest BCUT2D eigenvalue weighted by Gasteiger charge is -2.18. The van der Waals surface area contributed by atoms with Gasteiger partial charge in [-0.15, -0.1) is 0 Å². The molecule has 0 aliphatic heterocycles. The van der Waals surface area contributed by atoms with Gasteiger partial charge in [-0.3, -0.25) is 0 Å². The number of alkyl halides is 2. The van der Waals surface area contributed by atoms with Crippen molar-refractivity contribution < 1.29 is 13.5 Å². The van der Waals surface area contributed by atoms with Crippen LogP contribution in [0.15, 0.2) is 24.0 Å². The molecule has 0 amide bonds. The second-order valence-corrected chi connectivity index (χ2v) is 3.02. The van der Waals surface area contributed by atoms with Crippen molar-refractivity contribution in [2.75, 3.05) is 0 Å². The average molecular weight is 174 g/mol. The maximum absolute atomic E-state index is 11.7. The van der Waals surface area contributed by atoms with Gasteiger partial charge in [-0.05, 0) is 24.0 Å². The van der Waals surface area contributed by atoms with Gasteiger partial charge in [0, 0.05) is 0 Å². The predicted molar refractivity (Wildman–Crippen MR) is 42.6 cm³/mol. The molecule has 0 bridgehead atoms. The Bertz CT molecular complexity index is 209. The normalized spacial score (nSPS) is 28.9. The van der Waals surface area contributed by atoms with Gasteiger partial charge in [-0.1, -0.05) is 19.9 Å². The van der Waals surface area contributed by atoms with Gasteiger partial charge in [0.25, 0.3) is 0 Å². The van der Waals surface area contributed by atoms with Crippen LogP contribution >= 0.6 is 0 Å². The lowest BCUT2D eigenvalue weighted by atomic mass is 9.91. The Morgan fingerprint density at radius 1 is 1.33 bits per heavy atom. The van der Waals surface area contributed by atoms with Crippen molar-refractivity contribution in [3.8, 4) is 0 Å². The number of rotatable bonds is 2. The van der Waals surface area contributed by atoms with Crippen LogP contribution in [0.1, 0.15) is 13.8 Å². The van der Waals surface area contributed by atoms with Crippen LogP contribution in [0.3, 0.4) is 0 Å². The third-order valence-corrected chi connectivity index (χ3v) is 2.05. The van der Waals surface area contributed by atoms with Gasteiger partial charge in [0.05, 0.1) is 0 Å². The largest absolute Gasteiger partial charge is 0.435 e. The molecule has 2 unspecified atom stereocenters. The molecule has 1 aliphatic rings. The molecular formula is C9H12F2O. The number of allylic oxidation sites excluding steroid dienone is 3. The minimum atomic E-state index is -2.72. The van der Waals surface area contributed by atoms with E-state index in [2.05, 4.69) is 4.74 Å². The summed E-state index contributed by atoms with van der Waals surface area (Å²) in [5, 5.41) is 0. The Morgan fingerprint density at radius 2 is 2.00 bits per heavy atom. The second kappa shape index (κ2) is 3.70. The smallest absolute Gasteiger partial charge is 0.387 e. The average Bonchev–Trinajstić information content (AvgIpc) is 1.96. The van der Waals surface area contributed by atoms with Crippen LogP contribution in [0.5, 0.6) is 0 Å². The van der Waals surface area contributed by atoms with E-state index in [0.29, 0.717) is 5.92 Å². The Labute approximate surface area is 70.7 Å². The minimum absolute atomic E-state index is 0.267. The molecule has 12 heavy (non-hydrogen) atoms. The Morgan fingerprint density at radius 3 is 2.50 bits per heavy atom. The van der Waals surface area contributed by atoms with Crippen LogP contribution in [0.2, 0.25) is 0 Å². The second-order valence-electron chi connectivity index (χ2n) is 3.02. The zero-order valence-electron chi connectivity index (χ0n) is 7.13. The quantitative estimate of drug-likeness (QED) is 0.625.